The van der Waals surface area contributed by atoms with Gasteiger partial charge in [0.05, 0.1) is 11.4 Å². The number of carbonyl (C=O) groups excluding carboxylic acids is 1. The monoisotopic (exact) mass is 331 g/mol. The maximum atomic E-state index is 13.5. The molecule has 0 bridgehead atoms. The fourth-order valence-corrected chi connectivity index (χ4v) is 3.54. The fraction of sp³-hybridized carbons (Fsp3) is 0.125. The average molecular weight is 331 g/mol. The van der Waals surface area contributed by atoms with Gasteiger partial charge < -0.3 is 5.32 Å². The first kappa shape index (κ1) is 14.1. The van der Waals surface area contributed by atoms with Crippen molar-refractivity contribution in [1.82, 2.24) is 9.55 Å². The Hall–Kier alpha value is -2.54. The van der Waals surface area contributed by atoms with Crippen LogP contribution in [-0.2, 0) is 4.79 Å². The van der Waals surface area contributed by atoms with Crippen molar-refractivity contribution < 1.29 is 13.6 Å². The van der Waals surface area contributed by atoms with Crippen LogP contribution >= 0.6 is 11.3 Å². The molecule has 0 spiro atoms. The van der Waals surface area contributed by atoms with Crippen LogP contribution in [0.1, 0.15) is 23.6 Å². The van der Waals surface area contributed by atoms with Crippen LogP contribution in [0.2, 0.25) is 0 Å². The normalized spacial score (nSPS) is 17.0. The van der Waals surface area contributed by atoms with Crippen LogP contribution in [0.3, 0.4) is 0 Å². The molecule has 23 heavy (non-hydrogen) atoms. The molecule has 2 aromatic heterocycles. The molecule has 1 atom stereocenters. The quantitative estimate of drug-likeness (QED) is 0.778. The van der Waals surface area contributed by atoms with Crippen LogP contribution in [-0.4, -0.2) is 15.5 Å². The van der Waals surface area contributed by atoms with E-state index in [1.165, 1.54) is 23.0 Å². The summed E-state index contributed by atoms with van der Waals surface area (Å²) in [6.45, 7) is 0. The molecule has 0 radical (unpaired) electrons. The first-order valence-electron chi connectivity index (χ1n) is 6.97. The van der Waals surface area contributed by atoms with Crippen molar-refractivity contribution in [1.29, 1.82) is 0 Å². The molecule has 0 unspecified atom stereocenters. The molecule has 7 heteroatoms. The molecule has 3 heterocycles. The van der Waals surface area contributed by atoms with Crippen LogP contribution < -0.4 is 5.32 Å². The zero-order valence-electron chi connectivity index (χ0n) is 11.8. The Labute approximate surface area is 134 Å². The van der Waals surface area contributed by atoms with Gasteiger partial charge in [0.2, 0.25) is 5.91 Å². The lowest BCUT2D eigenvalue weighted by atomic mass is 9.92. The smallest absolute Gasteiger partial charge is 0.226 e. The predicted octanol–water partition coefficient (Wildman–Crippen LogP) is 3.69. The Bertz CT molecular complexity index is 869. The highest BCUT2D eigenvalue weighted by molar-refractivity contribution is 7.08. The molecule has 4 rings (SSSR count). The van der Waals surface area contributed by atoms with Crippen molar-refractivity contribution in [2.24, 2.45) is 0 Å². The number of thiophene rings is 1. The number of nitrogens with one attached hydrogen (secondary N) is 1. The van der Waals surface area contributed by atoms with Gasteiger partial charge in [0.25, 0.3) is 0 Å². The van der Waals surface area contributed by atoms with Gasteiger partial charge in [0, 0.05) is 18.4 Å². The largest absolute Gasteiger partial charge is 0.310 e. The molecule has 1 aliphatic heterocycles. The number of anilines is 1. The van der Waals surface area contributed by atoms with Crippen molar-refractivity contribution in [3.63, 3.8) is 0 Å². The van der Waals surface area contributed by atoms with Gasteiger partial charge in [-0.05, 0) is 34.5 Å². The van der Waals surface area contributed by atoms with Crippen molar-refractivity contribution >= 4 is 23.1 Å². The summed E-state index contributed by atoms with van der Waals surface area (Å²) >= 11 is 1.55. The van der Waals surface area contributed by atoms with Crippen molar-refractivity contribution in [2.45, 2.75) is 12.3 Å². The van der Waals surface area contributed by atoms with Crippen LogP contribution in [0, 0.1) is 11.6 Å². The first-order valence-corrected chi connectivity index (χ1v) is 7.92. The molecule has 4 nitrogen and oxygen atoms in total. The molecule has 0 aliphatic carbocycles. The standard InChI is InChI=1S/C16H11F2N3OS/c17-10-3-11(18)5-12(4-10)21-8-19-15-13(9-1-2-23-7-9)6-14(22)20-16(15)21/h1-5,7-8,13H,6H2,(H,20,22)/t13-/m1/s1. The third-order valence-electron chi connectivity index (χ3n) is 3.84. The van der Waals surface area contributed by atoms with Gasteiger partial charge in [-0.2, -0.15) is 11.3 Å². The van der Waals surface area contributed by atoms with E-state index in [1.54, 1.807) is 11.3 Å². The second-order valence-electron chi connectivity index (χ2n) is 5.34. The summed E-state index contributed by atoms with van der Waals surface area (Å²) in [6.07, 6.45) is 1.78. The second kappa shape index (κ2) is 5.27. The van der Waals surface area contributed by atoms with E-state index in [9.17, 15) is 13.6 Å². The molecule has 1 aromatic carbocycles. The van der Waals surface area contributed by atoms with Gasteiger partial charge in [0.1, 0.15) is 23.8 Å². The van der Waals surface area contributed by atoms with Crippen LogP contribution in [0.15, 0.2) is 41.4 Å². The van der Waals surface area contributed by atoms with Crippen LogP contribution in [0.25, 0.3) is 5.69 Å². The van der Waals surface area contributed by atoms with E-state index in [-0.39, 0.29) is 17.5 Å². The molecule has 0 saturated carbocycles. The third kappa shape index (κ3) is 2.43. The topological polar surface area (TPSA) is 46.9 Å². The highest BCUT2D eigenvalue weighted by Gasteiger charge is 2.31. The van der Waals surface area contributed by atoms with Gasteiger partial charge in [-0.1, -0.05) is 0 Å². The predicted molar refractivity (Wildman–Crippen MR) is 82.9 cm³/mol. The first-order chi connectivity index (χ1) is 11.1. The lowest BCUT2D eigenvalue weighted by Gasteiger charge is -2.22. The molecule has 1 amide bonds. The van der Waals surface area contributed by atoms with Crippen molar-refractivity contribution in [3.8, 4) is 5.69 Å². The Morgan fingerprint density at radius 3 is 2.74 bits per heavy atom. The minimum Gasteiger partial charge on any atom is -0.310 e. The Morgan fingerprint density at radius 2 is 2.04 bits per heavy atom. The Morgan fingerprint density at radius 1 is 1.26 bits per heavy atom. The van der Waals surface area contributed by atoms with E-state index in [2.05, 4.69) is 10.3 Å². The maximum absolute atomic E-state index is 13.5. The van der Waals surface area contributed by atoms with Crippen LogP contribution in [0.5, 0.6) is 0 Å². The van der Waals surface area contributed by atoms with E-state index in [0.29, 0.717) is 17.9 Å². The van der Waals surface area contributed by atoms with Crippen molar-refractivity contribution in [2.75, 3.05) is 5.32 Å². The summed E-state index contributed by atoms with van der Waals surface area (Å²) in [5, 5.41) is 6.68. The summed E-state index contributed by atoms with van der Waals surface area (Å²) in [6, 6.07) is 5.16. The number of aromatic nitrogens is 2. The fourth-order valence-electron chi connectivity index (χ4n) is 2.83. The highest BCUT2D eigenvalue weighted by atomic mass is 32.1. The molecular weight excluding hydrogens is 320 g/mol. The Balaban J connectivity index is 1.85. The summed E-state index contributed by atoms with van der Waals surface area (Å²) in [7, 11) is 0. The number of benzene rings is 1. The number of nitrogens with zero attached hydrogens (tertiary/aromatic N) is 2. The molecule has 116 valence electrons. The van der Waals surface area contributed by atoms with Crippen LogP contribution in [0.4, 0.5) is 14.6 Å². The van der Waals surface area contributed by atoms with Gasteiger partial charge in [-0.25, -0.2) is 13.8 Å². The number of hydrogen-bond acceptors (Lipinski definition) is 3. The van der Waals surface area contributed by atoms with E-state index < -0.39 is 11.6 Å². The molecule has 0 saturated heterocycles. The average Bonchev–Trinajstić information content (AvgIpc) is 3.14. The molecule has 1 aliphatic rings. The van der Waals surface area contributed by atoms with E-state index in [4.69, 9.17) is 0 Å². The number of amides is 1. The SMILES string of the molecule is O=C1C[C@H](c2ccsc2)c2ncn(-c3cc(F)cc(F)c3)c2N1. The van der Waals surface area contributed by atoms with E-state index in [0.717, 1.165) is 11.6 Å². The van der Waals surface area contributed by atoms with Gasteiger partial charge in [0.15, 0.2) is 0 Å². The number of carbonyl (C=O) groups is 1. The number of hydrogen-bond donors (Lipinski definition) is 1. The summed E-state index contributed by atoms with van der Waals surface area (Å²) in [4.78, 5) is 16.4. The minimum atomic E-state index is -0.682. The molecule has 3 aromatic rings. The second-order valence-corrected chi connectivity index (χ2v) is 6.12. The highest BCUT2D eigenvalue weighted by Crippen LogP contribution is 2.38. The zero-order chi connectivity index (χ0) is 16.0. The van der Waals surface area contributed by atoms with Gasteiger partial charge >= 0.3 is 0 Å². The molecule has 1 N–H and O–H groups in total. The third-order valence-corrected chi connectivity index (χ3v) is 4.55. The van der Waals surface area contributed by atoms with E-state index >= 15 is 0 Å². The summed E-state index contributed by atoms with van der Waals surface area (Å²) < 4.78 is 28.4. The summed E-state index contributed by atoms with van der Waals surface area (Å²) in [5.41, 5.74) is 2.00. The number of halogens is 2. The van der Waals surface area contributed by atoms with Gasteiger partial charge in [-0.15, -0.1) is 0 Å². The lowest BCUT2D eigenvalue weighted by Crippen LogP contribution is -2.24. The lowest BCUT2D eigenvalue weighted by molar-refractivity contribution is -0.116. The van der Waals surface area contributed by atoms with Gasteiger partial charge in [-0.3, -0.25) is 9.36 Å². The number of fused-ring (bicyclic) bond motifs is 1. The Kier molecular flexibility index (Phi) is 3.23. The zero-order valence-corrected chi connectivity index (χ0v) is 12.6. The maximum Gasteiger partial charge on any atom is 0.226 e. The molecular formula is C16H11F2N3OS. The van der Waals surface area contributed by atoms with Crippen molar-refractivity contribution in [3.05, 3.63) is 64.2 Å². The number of imidazole rings is 1. The van der Waals surface area contributed by atoms with E-state index in [1.807, 2.05) is 16.8 Å². The summed E-state index contributed by atoms with van der Waals surface area (Å²) in [5.74, 6) is -1.20. The molecule has 0 fully saturated rings. The minimum absolute atomic E-state index is 0.146. The number of rotatable bonds is 2.